The first-order valence-corrected chi connectivity index (χ1v) is 7.25. The van der Waals surface area contributed by atoms with Gasteiger partial charge in [0.05, 0.1) is 5.92 Å². The van der Waals surface area contributed by atoms with Crippen molar-refractivity contribution < 1.29 is 4.79 Å². The lowest BCUT2D eigenvalue weighted by Crippen LogP contribution is -2.41. The van der Waals surface area contributed by atoms with E-state index in [0.717, 1.165) is 24.8 Å². The molecule has 1 aromatic carbocycles. The molecule has 0 aliphatic rings. The summed E-state index contributed by atoms with van der Waals surface area (Å²) in [6.45, 7) is 4.64. The molecule has 0 saturated carbocycles. The third kappa shape index (κ3) is 5.43. The first-order valence-electron chi connectivity index (χ1n) is 7.25. The molecule has 0 radical (unpaired) electrons. The fourth-order valence-electron chi connectivity index (χ4n) is 2.23. The Bertz CT molecular complexity index is 364. The van der Waals surface area contributed by atoms with E-state index < -0.39 is 0 Å². The zero-order valence-electron chi connectivity index (χ0n) is 12.1. The first kappa shape index (κ1) is 15.7. The fourth-order valence-corrected chi connectivity index (χ4v) is 2.23. The van der Waals surface area contributed by atoms with Gasteiger partial charge in [-0.1, -0.05) is 50.6 Å². The Kier molecular flexibility index (Phi) is 7.19. The molecule has 0 fully saturated rings. The molecular formula is C16H26N2O. The summed E-state index contributed by atoms with van der Waals surface area (Å²) < 4.78 is 0. The van der Waals surface area contributed by atoms with Crippen LogP contribution in [0.2, 0.25) is 0 Å². The molecule has 3 heteroatoms. The molecule has 2 atom stereocenters. The Morgan fingerprint density at radius 1 is 1.26 bits per heavy atom. The normalized spacial score (nSPS) is 13.8. The topological polar surface area (TPSA) is 55.1 Å². The predicted molar refractivity (Wildman–Crippen MR) is 79.8 cm³/mol. The van der Waals surface area contributed by atoms with E-state index in [9.17, 15) is 4.79 Å². The predicted octanol–water partition coefficient (Wildman–Crippen LogP) is 2.50. The third-order valence-corrected chi connectivity index (χ3v) is 3.46. The Morgan fingerprint density at radius 2 is 1.95 bits per heavy atom. The second-order valence-electron chi connectivity index (χ2n) is 5.02. The van der Waals surface area contributed by atoms with E-state index in [1.54, 1.807) is 0 Å². The summed E-state index contributed by atoms with van der Waals surface area (Å²) in [4.78, 5) is 12.2. The van der Waals surface area contributed by atoms with Gasteiger partial charge in [0.1, 0.15) is 0 Å². The lowest BCUT2D eigenvalue weighted by molar-refractivity contribution is -0.125. The Balaban J connectivity index is 2.56. The van der Waals surface area contributed by atoms with Gasteiger partial charge in [0, 0.05) is 12.6 Å². The third-order valence-electron chi connectivity index (χ3n) is 3.46. The van der Waals surface area contributed by atoms with Crippen LogP contribution in [0.1, 0.15) is 38.7 Å². The number of hydrogen-bond donors (Lipinski definition) is 2. The van der Waals surface area contributed by atoms with E-state index >= 15 is 0 Å². The van der Waals surface area contributed by atoms with E-state index in [-0.39, 0.29) is 17.9 Å². The zero-order valence-corrected chi connectivity index (χ0v) is 12.1. The van der Waals surface area contributed by atoms with Crippen molar-refractivity contribution >= 4 is 5.91 Å². The van der Waals surface area contributed by atoms with Gasteiger partial charge in [-0.05, 0) is 24.8 Å². The van der Waals surface area contributed by atoms with Crippen molar-refractivity contribution in [2.24, 2.45) is 11.7 Å². The molecule has 106 valence electrons. The van der Waals surface area contributed by atoms with E-state index in [1.165, 1.54) is 0 Å². The van der Waals surface area contributed by atoms with Crippen molar-refractivity contribution in [3.05, 3.63) is 35.9 Å². The smallest absolute Gasteiger partial charge is 0.224 e. The van der Waals surface area contributed by atoms with Gasteiger partial charge in [0.2, 0.25) is 5.91 Å². The molecule has 0 aliphatic heterocycles. The average Bonchev–Trinajstić information content (AvgIpc) is 2.45. The van der Waals surface area contributed by atoms with Gasteiger partial charge in [-0.2, -0.15) is 0 Å². The summed E-state index contributed by atoms with van der Waals surface area (Å²) in [6, 6.07) is 10.3. The number of carbonyl (C=O) groups excluding carboxylic acids is 1. The summed E-state index contributed by atoms with van der Waals surface area (Å²) >= 11 is 0. The SMILES string of the molecule is CCCC(CC)NC(=O)C(CN)Cc1ccccc1. The summed E-state index contributed by atoms with van der Waals surface area (Å²) in [5, 5.41) is 3.12. The standard InChI is InChI=1S/C16H26N2O/c1-3-8-15(4-2)18-16(19)14(12-17)11-13-9-6-5-7-10-13/h5-7,9-10,14-15H,3-4,8,11-12,17H2,1-2H3,(H,18,19). The lowest BCUT2D eigenvalue weighted by Gasteiger charge is -2.20. The molecule has 1 amide bonds. The second kappa shape index (κ2) is 8.70. The van der Waals surface area contributed by atoms with Crippen LogP contribution < -0.4 is 11.1 Å². The van der Waals surface area contributed by atoms with E-state index in [0.29, 0.717) is 13.0 Å². The number of amides is 1. The summed E-state index contributed by atoms with van der Waals surface area (Å²) in [5.74, 6) is -0.0417. The van der Waals surface area contributed by atoms with Crippen molar-refractivity contribution in [3.63, 3.8) is 0 Å². The molecule has 0 spiro atoms. The van der Waals surface area contributed by atoms with Crippen LogP contribution in [0.15, 0.2) is 30.3 Å². The number of benzene rings is 1. The van der Waals surface area contributed by atoms with Gasteiger partial charge in [-0.3, -0.25) is 4.79 Å². The highest BCUT2D eigenvalue weighted by Gasteiger charge is 2.19. The highest BCUT2D eigenvalue weighted by Crippen LogP contribution is 2.09. The molecule has 0 heterocycles. The highest BCUT2D eigenvalue weighted by molar-refractivity contribution is 5.79. The fraction of sp³-hybridized carbons (Fsp3) is 0.562. The van der Waals surface area contributed by atoms with Gasteiger partial charge < -0.3 is 11.1 Å². The molecule has 0 aromatic heterocycles. The van der Waals surface area contributed by atoms with Crippen LogP contribution in [0, 0.1) is 5.92 Å². The van der Waals surface area contributed by atoms with Gasteiger partial charge >= 0.3 is 0 Å². The summed E-state index contributed by atoms with van der Waals surface area (Å²) in [5.41, 5.74) is 6.92. The van der Waals surface area contributed by atoms with Crippen molar-refractivity contribution in [3.8, 4) is 0 Å². The van der Waals surface area contributed by atoms with Crippen LogP contribution in [0.4, 0.5) is 0 Å². The van der Waals surface area contributed by atoms with E-state index in [1.807, 2.05) is 30.3 Å². The molecule has 19 heavy (non-hydrogen) atoms. The molecule has 1 rings (SSSR count). The number of nitrogens with one attached hydrogen (secondary N) is 1. The quantitative estimate of drug-likeness (QED) is 0.756. The van der Waals surface area contributed by atoms with Crippen LogP contribution in [0.25, 0.3) is 0 Å². The molecule has 3 N–H and O–H groups in total. The number of carbonyl (C=O) groups is 1. The largest absolute Gasteiger partial charge is 0.353 e. The van der Waals surface area contributed by atoms with Gasteiger partial charge in [-0.25, -0.2) is 0 Å². The minimum atomic E-state index is -0.131. The van der Waals surface area contributed by atoms with Crippen LogP contribution in [-0.2, 0) is 11.2 Å². The maximum atomic E-state index is 12.2. The summed E-state index contributed by atoms with van der Waals surface area (Å²) in [7, 11) is 0. The lowest BCUT2D eigenvalue weighted by atomic mass is 9.97. The number of nitrogens with two attached hydrogens (primary N) is 1. The second-order valence-corrected chi connectivity index (χ2v) is 5.02. The van der Waals surface area contributed by atoms with Crippen LogP contribution in [-0.4, -0.2) is 18.5 Å². The minimum Gasteiger partial charge on any atom is -0.353 e. The van der Waals surface area contributed by atoms with Gasteiger partial charge in [-0.15, -0.1) is 0 Å². The monoisotopic (exact) mass is 262 g/mol. The Morgan fingerprint density at radius 3 is 2.47 bits per heavy atom. The van der Waals surface area contributed by atoms with Crippen LogP contribution in [0.3, 0.4) is 0 Å². The van der Waals surface area contributed by atoms with Crippen molar-refractivity contribution in [2.45, 2.75) is 45.6 Å². The van der Waals surface area contributed by atoms with Crippen molar-refractivity contribution in [1.82, 2.24) is 5.32 Å². The maximum Gasteiger partial charge on any atom is 0.224 e. The van der Waals surface area contributed by atoms with E-state index in [2.05, 4.69) is 19.2 Å². The molecular weight excluding hydrogens is 236 g/mol. The molecule has 1 aromatic rings. The first-order chi connectivity index (χ1) is 9.21. The number of rotatable bonds is 8. The average molecular weight is 262 g/mol. The van der Waals surface area contributed by atoms with E-state index in [4.69, 9.17) is 5.73 Å². The Hall–Kier alpha value is -1.35. The van der Waals surface area contributed by atoms with Crippen molar-refractivity contribution in [2.75, 3.05) is 6.54 Å². The summed E-state index contributed by atoms with van der Waals surface area (Å²) in [6.07, 6.45) is 3.81. The zero-order chi connectivity index (χ0) is 14.1. The van der Waals surface area contributed by atoms with Gasteiger partial charge in [0.25, 0.3) is 0 Å². The molecule has 0 aliphatic carbocycles. The van der Waals surface area contributed by atoms with Crippen LogP contribution in [0.5, 0.6) is 0 Å². The molecule has 3 nitrogen and oxygen atoms in total. The van der Waals surface area contributed by atoms with Crippen LogP contribution >= 0.6 is 0 Å². The highest BCUT2D eigenvalue weighted by atomic mass is 16.1. The van der Waals surface area contributed by atoms with Gasteiger partial charge in [0.15, 0.2) is 0 Å². The molecule has 0 bridgehead atoms. The molecule has 2 unspecified atom stereocenters. The maximum absolute atomic E-state index is 12.2. The van der Waals surface area contributed by atoms with Crippen molar-refractivity contribution in [1.29, 1.82) is 0 Å². The minimum absolute atomic E-state index is 0.0895. The molecule has 0 saturated heterocycles. The Labute approximate surface area is 116 Å². The number of hydrogen-bond acceptors (Lipinski definition) is 2.